The molecular formula is C8H5F4. The van der Waals surface area contributed by atoms with Crippen molar-refractivity contribution in [2.75, 3.05) is 0 Å². The zero-order chi connectivity index (χ0) is 9.30. The van der Waals surface area contributed by atoms with Crippen LogP contribution >= 0.6 is 0 Å². The lowest BCUT2D eigenvalue weighted by Gasteiger charge is -2.01. The molecule has 1 radical (unpaired) electrons. The molecule has 0 fully saturated rings. The zero-order valence-electron chi connectivity index (χ0n) is 6.22. The van der Waals surface area contributed by atoms with Gasteiger partial charge in [-0.25, -0.2) is 17.6 Å². The maximum atomic E-state index is 12.6. The predicted octanol–water partition coefficient (Wildman–Crippen LogP) is 2.61. The second-order valence-corrected chi connectivity index (χ2v) is 2.21. The number of hydrogen-bond donors (Lipinski definition) is 0. The first-order valence-corrected chi connectivity index (χ1v) is 3.32. The van der Waals surface area contributed by atoms with Crippen molar-refractivity contribution >= 4 is 0 Å². The molecule has 0 aliphatic rings. The first-order valence-electron chi connectivity index (χ1n) is 3.32. The fraction of sp³-hybridized carbons (Fsp3) is 0.250. The van der Waals surface area contributed by atoms with E-state index in [1.165, 1.54) is 6.92 Å². The molecule has 12 heavy (non-hydrogen) atoms. The molecule has 1 rings (SSSR count). The molecule has 0 amide bonds. The van der Waals surface area contributed by atoms with E-state index in [0.717, 1.165) is 0 Å². The highest BCUT2D eigenvalue weighted by molar-refractivity contribution is 5.20. The summed E-state index contributed by atoms with van der Waals surface area (Å²) in [4.78, 5) is 0. The molecule has 0 spiro atoms. The van der Waals surface area contributed by atoms with E-state index in [2.05, 4.69) is 0 Å². The van der Waals surface area contributed by atoms with Gasteiger partial charge in [-0.1, -0.05) is 6.92 Å². The van der Waals surface area contributed by atoms with Crippen LogP contribution in [0.15, 0.2) is 0 Å². The van der Waals surface area contributed by atoms with Crippen molar-refractivity contribution in [3.05, 3.63) is 34.9 Å². The SMILES string of the molecule is CCc1[c]c(F)c(F)c(F)c1F. The molecule has 0 saturated carbocycles. The first kappa shape index (κ1) is 9.03. The third kappa shape index (κ3) is 1.29. The van der Waals surface area contributed by atoms with Gasteiger partial charge in [0, 0.05) is 11.6 Å². The normalized spacial score (nSPS) is 10.4. The van der Waals surface area contributed by atoms with Gasteiger partial charge >= 0.3 is 0 Å². The largest absolute Gasteiger partial charge is 0.203 e. The van der Waals surface area contributed by atoms with Gasteiger partial charge in [-0.15, -0.1) is 0 Å². The topological polar surface area (TPSA) is 0 Å². The van der Waals surface area contributed by atoms with Gasteiger partial charge in [0.05, 0.1) is 0 Å². The summed E-state index contributed by atoms with van der Waals surface area (Å²) in [6.45, 7) is 1.49. The quantitative estimate of drug-likeness (QED) is 0.351. The average Bonchev–Trinajstić information content (AvgIpc) is 2.08. The fourth-order valence-electron chi connectivity index (χ4n) is 0.811. The Morgan fingerprint density at radius 1 is 1.00 bits per heavy atom. The van der Waals surface area contributed by atoms with E-state index in [1.54, 1.807) is 6.07 Å². The third-order valence-electron chi connectivity index (χ3n) is 1.46. The van der Waals surface area contributed by atoms with Gasteiger partial charge in [0.25, 0.3) is 0 Å². The number of aryl methyl sites for hydroxylation is 1. The highest BCUT2D eigenvalue weighted by Crippen LogP contribution is 2.17. The fourth-order valence-corrected chi connectivity index (χ4v) is 0.811. The summed E-state index contributed by atoms with van der Waals surface area (Å²) in [7, 11) is 0. The van der Waals surface area contributed by atoms with Crippen molar-refractivity contribution in [2.24, 2.45) is 0 Å². The van der Waals surface area contributed by atoms with Gasteiger partial charge in [-0.3, -0.25) is 0 Å². The van der Waals surface area contributed by atoms with E-state index < -0.39 is 23.3 Å². The number of halogens is 4. The second-order valence-electron chi connectivity index (χ2n) is 2.21. The lowest BCUT2D eigenvalue weighted by atomic mass is 10.1. The maximum absolute atomic E-state index is 12.6. The summed E-state index contributed by atoms with van der Waals surface area (Å²) in [6.07, 6.45) is 0.0694. The van der Waals surface area contributed by atoms with Gasteiger partial charge in [0.15, 0.2) is 23.3 Å². The van der Waals surface area contributed by atoms with Crippen molar-refractivity contribution < 1.29 is 17.6 Å². The summed E-state index contributed by atoms with van der Waals surface area (Å²) in [5.74, 6) is -6.44. The Bertz CT molecular complexity index is 306. The lowest BCUT2D eigenvalue weighted by molar-refractivity contribution is 0.403. The van der Waals surface area contributed by atoms with Crippen LogP contribution in [0.4, 0.5) is 17.6 Å². The molecule has 0 nitrogen and oxygen atoms in total. The monoisotopic (exact) mass is 177 g/mol. The Morgan fingerprint density at radius 3 is 2.08 bits per heavy atom. The van der Waals surface area contributed by atoms with E-state index in [-0.39, 0.29) is 12.0 Å². The van der Waals surface area contributed by atoms with E-state index >= 15 is 0 Å². The minimum atomic E-state index is -1.82. The minimum Gasteiger partial charge on any atom is -0.203 e. The first-order chi connectivity index (χ1) is 5.57. The molecule has 0 heterocycles. The van der Waals surface area contributed by atoms with Crippen molar-refractivity contribution in [3.8, 4) is 0 Å². The molecule has 0 saturated heterocycles. The zero-order valence-corrected chi connectivity index (χ0v) is 6.22. The molecule has 0 atom stereocenters. The Labute approximate surface area is 66.8 Å². The molecule has 0 aliphatic carbocycles. The van der Waals surface area contributed by atoms with E-state index in [4.69, 9.17) is 0 Å². The molecule has 0 unspecified atom stereocenters. The van der Waals surface area contributed by atoms with E-state index in [1.807, 2.05) is 0 Å². The van der Waals surface area contributed by atoms with Gasteiger partial charge < -0.3 is 0 Å². The summed E-state index contributed by atoms with van der Waals surface area (Å²) in [6, 6.07) is 1.78. The Hall–Kier alpha value is -1.06. The van der Waals surface area contributed by atoms with Crippen LogP contribution in [0.1, 0.15) is 12.5 Å². The van der Waals surface area contributed by atoms with Crippen LogP contribution < -0.4 is 0 Å². The van der Waals surface area contributed by atoms with Gasteiger partial charge in [0.2, 0.25) is 0 Å². The lowest BCUT2D eigenvalue weighted by Crippen LogP contribution is -2.00. The smallest absolute Gasteiger partial charge is 0.198 e. The van der Waals surface area contributed by atoms with Crippen molar-refractivity contribution in [2.45, 2.75) is 13.3 Å². The highest BCUT2D eigenvalue weighted by atomic mass is 19.2. The number of benzene rings is 1. The highest BCUT2D eigenvalue weighted by Gasteiger charge is 2.17. The van der Waals surface area contributed by atoms with E-state index in [9.17, 15) is 17.6 Å². The third-order valence-corrected chi connectivity index (χ3v) is 1.46. The second kappa shape index (κ2) is 3.13. The minimum absolute atomic E-state index is 0.0694. The predicted molar refractivity (Wildman–Crippen MR) is 34.5 cm³/mol. The molecule has 4 heteroatoms. The van der Waals surface area contributed by atoms with Crippen LogP contribution in [0.25, 0.3) is 0 Å². The van der Waals surface area contributed by atoms with Gasteiger partial charge in [-0.05, 0) is 6.42 Å². The van der Waals surface area contributed by atoms with Crippen LogP contribution in [0.3, 0.4) is 0 Å². The average molecular weight is 177 g/mol. The van der Waals surface area contributed by atoms with Crippen molar-refractivity contribution in [3.63, 3.8) is 0 Å². The van der Waals surface area contributed by atoms with Crippen LogP contribution in [-0.2, 0) is 6.42 Å². The summed E-state index contributed by atoms with van der Waals surface area (Å²) < 4.78 is 49.7. The molecule has 0 aliphatic heterocycles. The Kier molecular flexibility index (Phi) is 2.35. The molecule has 0 bridgehead atoms. The Morgan fingerprint density at radius 2 is 1.58 bits per heavy atom. The molecule has 65 valence electrons. The molecule has 0 N–H and O–H groups in total. The summed E-state index contributed by atoms with van der Waals surface area (Å²) in [5, 5.41) is 0. The summed E-state index contributed by atoms with van der Waals surface area (Å²) in [5.41, 5.74) is -0.286. The maximum Gasteiger partial charge on any atom is 0.198 e. The van der Waals surface area contributed by atoms with Crippen molar-refractivity contribution in [1.82, 2.24) is 0 Å². The molecule has 0 aromatic heterocycles. The van der Waals surface area contributed by atoms with Gasteiger partial charge in [-0.2, -0.15) is 0 Å². The van der Waals surface area contributed by atoms with E-state index in [0.29, 0.717) is 0 Å². The standard InChI is InChI=1S/C8H5F4/c1-2-4-3-5(9)7(11)8(12)6(4)10/h2H2,1H3. The number of hydrogen-bond acceptors (Lipinski definition) is 0. The van der Waals surface area contributed by atoms with Crippen LogP contribution in [0.5, 0.6) is 0 Å². The number of rotatable bonds is 1. The van der Waals surface area contributed by atoms with Crippen molar-refractivity contribution in [1.29, 1.82) is 0 Å². The van der Waals surface area contributed by atoms with Gasteiger partial charge in [0.1, 0.15) is 0 Å². The van der Waals surface area contributed by atoms with Crippen LogP contribution in [0.2, 0.25) is 0 Å². The van der Waals surface area contributed by atoms with Crippen LogP contribution in [-0.4, -0.2) is 0 Å². The Balaban J connectivity index is 3.39. The summed E-state index contributed by atoms with van der Waals surface area (Å²) >= 11 is 0. The molecule has 1 aromatic carbocycles. The van der Waals surface area contributed by atoms with Crippen LogP contribution in [0, 0.1) is 29.3 Å². The molecule has 1 aromatic rings. The molecular weight excluding hydrogens is 172 g/mol.